The van der Waals surface area contributed by atoms with Gasteiger partial charge >= 0.3 is 5.97 Å². The molecule has 0 aliphatic rings. The largest absolute Gasteiger partial charge is 0.493 e. The van der Waals surface area contributed by atoms with E-state index in [1.807, 2.05) is 0 Å². The number of nitrogens with two attached hydrogens (primary N) is 1. The van der Waals surface area contributed by atoms with Crippen molar-refractivity contribution >= 4 is 5.97 Å². The minimum atomic E-state index is -1.70. The fourth-order valence-electron chi connectivity index (χ4n) is 2.01. The second kappa shape index (κ2) is 6.09. The SMILES string of the molecule is COc1cc(C(CN)C(=O)O)cc(C(C)(C)F)c1OC. The Morgan fingerprint density at radius 3 is 2.35 bits per heavy atom. The zero-order chi connectivity index (χ0) is 15.5. The minimum Gasteiger partial charge on any atom is -0.493 e. The van der Waals surface area contributed by atoms with Gasteiger partial charge in [-0.3, -0.25) is 4.79 Å². The molecule has 0 fully saturated rings. The molecule has 0 heterocycles. The number of hydrogen-bond acceptors (Lipinski definition) is 4. The predicted octanol–water partition coefficient (Wildman–Crippen LogP) is 2.04. The van der Waals surface area contributed by atoms with Crippen molar-refractivity contribution in [2.75, 3.05) is 20.8 Å². The molecule has 5 nitrogen and oxygen atoms in total. The Bertz CT molecular complexity index is 497. The number of aliphatic carboxylic acids is 1. The van der Waals surface area contributed by atoms with Gasteiger partial charge in [-0.25, -0.2) is 4.39 Å². The lowest BCUT2D eigenvalue weighted by molar-refractivity contribution is -0.138. The van der Waals surface area contributed by atoms with Gasteiger partial charge in [0.05, 0.1) is 20.1 Å². The van der Waals surface area contributed by atoms with Crippen LogP contribution in [-0.4, -0.2) is 31.8 Å². The standard InChI is InChI=1S/C14H20FNO4/c1-14(2,15)10-5-8(9(7-16)13(17)18)6-11(19-3)12(10)20-4/h5-6,9H,7,16H2,1-4H3,(H,17,18). The molecule has 0 aromatic heterocycles. The topological polar surface area (TPSA) is 81.8 Å². The second-order valence-electron chi connectivity index (χ2n) is 4.90. The van der Waals surface area contributed by atoms with E-state index >= 15 is 0 Å². The van der Waals surface area contributed by atoms with E-state index in [4.69, 9.17) is 20.3 Å². The number of ether oxygens (including phenoxy) is 2. The van der Waals surface area contributed by atoms with E-state index in [9.17, 15) is 9.18 Å². The molecule has 1 unspecified atom stereocenters. The first-order valence-electron chi connectivity index (χ1n) is 6.14. The average Bonchev–Trinajstić information content (AvgIpc) is 2.36. The van der Waals surface area contributed by atoms with Gasteiger partial charge < -0.3 is 20.3 Å². The number of rotatable bonds is 6. The van der Waals surface area contributed by atoms with Crippen LogP contribution in [-0.2, 0) is 10.5 Å². The van der Waals surface area contributed by atoms with Crippen LogP contribution in [0.3, 0.4) is 0 Å². The molecule has 0 amide bonds. The normalized spacial score (nSPS) is 12.9. The van der Waals surface area contributed by atoms with Gasteiger partial charge in [-0.1, -0.05) is 0 Å². The maximum absolute atomic E-state index is 14.3. The van der Waals surface area contributed by atoms with E-state index in [0.717, 1.165) is 0 Å². The smallest absolute Gasteiger partial charge is 0.312 e. The zero-order valence-corrected chi connectivity index (χ0v) is 12.1. The summed E-state index contributed by atoms with van der Waals surface area (Å²) in [4.78, 5) is 11.2. The highest BCUT2D eigenvalue weighted by Gasteiger charge is 2.29. The lowest BCUT2D eigenvalue weighted by atomic mass is 9.91. The molecule has 6 heteroatoms. The number of benzene rings is 1. The molecule has 0 bridgehead atoms. The summed E-state index contributed by atoms with van der Waals surface area (Å²) in [5.41, 5.74) is 4.40. The van der Waals surface area contributed by atoms with Crippen LogP contribution in [0.1, 0.15) is 30.9 Å². The van der Waals surface area contributed by atoms with E-state index in [1.54, 1.807) is 0 Å². The number of carbonyl (C=O) groups is 1. The third kappa shape index (κ3) is 3.19. The first kappa shape index (κ1) is 16.2. The van der Waals surface area contributed by atoms with Gasteiger partial charge in [0.1, 0.15) is 5.67 Å². The lowest BCUT2D eigenvalue weighted by Gasteiger charge is -2.23. The molecule has 112 valence electrons. The van der Waals surface area contributed by atoms with E-state index < -0.39 is 17.6 Å². The molecular weight excluding hydrogens is 265 g/mol. The van der Waals surface area contributed by atoms with Crippen molar-refractivity contribution in [1.29, 1.82) is 0 Å². The van der Waals surface area contributed by atoms with Crippen LogP contribution in [0.2, 0.25) is 0 Å². The molecule has 0 radical (unpaired) electrons. The van der Waals surface area contributed by atoms with Gasteiger partial charge in [-0.05, 0) is 31.5 Å². The third-order valence-electron chi connectivity index (χ3n) is 3.08. The highest BCUT2D eigenvalue weighted by Crippen LogP contribution is 2.41. The first-order valence-corrected chi connectivity index (χ1v) is 6.14. The van der Waals surface area contributed by atoms with Crippen molar-refractivity contribution in [2.45, 2.75) is 25.4 Å². The van der Waals surface area contributed by atoms with Crippen LogP contribution in [0.25, 0.3) is 0 Å². The lowest BCUT2D eigenvalue weighted by Crippen LogP contribution is -2.22. The van der Waals surface area contributed by atoms with Crippen molar-refractivity contribution in [3.05, 3.63) is 23.3 Å². The summed E-state index contributed by atoms with van der Waals surface area (Å²) < 4.78 is 24.7. The molecule has 0 aliphatic heterocycles. The molecule has 0 aliphatic carbocycles. The van der Waals surface area contributed by atoms with Gasteiger partial charge in [-0.15, -0.1) is 0 Å². The molecule has 0 saturated carbocycles. The zero-order valence-electron chi connectivity index (χ0n) is 12.1. The van der Waals surface area contributed by atoms with E-state index in [1.165, 1.54) is 40.2 Å². The Kier molecular flexibility index (Phi) is 4.94. The van der Waals surface area contributed by atoms with Crippen molar-refractivity contribution in [3.8, 4) is 11.5 Å². The highest BCUT2D eigenvalue weighted by molar-refractivity contribution is 5.77. The maximum Gasteiger partial charge on any atom is 0.312 e. The van der Waals surface area contributed by atoms with Gasteiger partial charge in [0, 0.05) is 12.1 Å². The van der Waals surface area contributed by atoms with E-state index in [-0.39, 0.29) is 23.6 Å². The van der Waals surface area contributed by atoms with Crippen LogP contribution in [0.5, 0.6) is 11.5 Å². The highest BCUT2D eigenvalue weighted by atomic mass is 19.1. The van der Waals surface area contributed by atoms with Crippen LogP contribution in [0.15, 0.2) is 12.1 Å². The van der Waals surface area contributed by atoms with Crippen LogP contribution in [0, 0.1) is 0 Å². The monoisotopic (exact) mass is 285 g/mol. The summed E-state index contributed by atoms with van der Waals surface area (Å²) in [6, 6.07) is 2.98. The Labute approximate surface area is 117 Å². The van der Waals surface area contributed by atoms with E-state index in [2.05, 4.69) is 0 Å². The summed E-state index contributed by atoms with van der Waals surface area (Å²) in [5.74, 6) is -1.45. The van der Waals surface area contributed by atoms with Crippen molar-refractivity contribution in [2.24, 2.45) is 5.73 Å². The molecular formula is C14H20FNO4. The molecule has 1 aromatic rings. The second-order valence-corrected chi connectivity index (χ2v) is 4.90. The number of halogens is 1. The molecule has 1 aromatic carbocycles. The van der Waals surface area contributed by atoms with Crippen molar-refractivity contribution in [3.63, 3.8) is 0 Å². The van der Waals surface area contributed by atoms with Crippen LogP contribution >= 0.6 is 0 Å². The Balaban J connectivity index is 3.54. The first-order chi connectivity index (χ1) is 9.26. The fraction of sp³-hybridized carbons (Fsp3) is 0.500. The third-order valence-corrected chi connectivity index (χ3v) is 3.08. The van der Waals surface area contributed by atoms with Crippen LogP contribution < -0.4 is 15.2 Å². The molecule has 1 rings (SSSR count). The van der Waals surface area contributed by atoms with Gasteiger partial charge in [-0.2, -0.15) is 0 Å². The minimum absolute atomic E-state index is 0.0863. The number of alkyl halides is 1. The quantitative estimate of drug-likeness (QED) is 0.835. The molecule has 20 heavy (non-hydrogen) atoms. The van der Waals surface area contributed by atoms with Gasteiger partial charge in [0.2, 0.25) is 0 Å². The van der Waals surface area contributed by atoms with Gasteiger partial charge in [0.25, 0.3) is 0 Å². The average molecular weight is 285 g/mol. The van der Waals surface area contributed by atoms with E-state index in [0.29, 0.717) is 5.56 Å². The Morgan fingerprint density at radius 2 is 2.00 bits per heavy atom. The summed E-state index contributed by atoms with van der Waals surface area (Å²) in [7, 11) is 2.82. The summed E-state index contributed by atoms with van der Waals surface area (Å²) in [6.45, 7) is 2.65. The summed E-state index contributed by atoms with van der Waals surface area (Å²) in [5, 5.41) is 9.16. The Morgan fingerprint density at radius 1 is 1.40 bits per heavy atom. The van der Waals surface area contributed by atoms with Gasteiger partial charge in [0.15, 0.2) is 11.5 Å². The molecule has 0 saturated heterocycles. The van der Waals surface area contributed by atoms with Crippen molar-refractivity contribution in [1.82, 2.24) is 0 Å². The number of carboxylic acid groups (broad SMARTS) is 1. The maximum atomic E-state index is 14.3. The van der Waals surface area contributed by atoms with Crippen LogP contribution in [0.4, 0.5) is 4.39 Å². The molecule has 1 atom stereocenters. The summed E-state index contributed by atoms with van der Waals surface area (Å²) >= 11 is 0. The fourth-order valence-corrected chi connectivity index (χ4v) is 2.01. The predicted molar refractivity (Wildman–Crippen MR) is 73.1 cm³/mol. The Hall–Kier alpha value is -1.82. The molecule has 3 N–H and O–H groups in total. The van der Waals surface area contributed by atoms with Crippen molar-refractivity contribution < 1.29 is 23.8 Å². The molecule has 0 spiro atoms. The number of methoxy groups -OCH3 is 2. The summed E-state index contributed by atoms with van der Waals surface area (Å²) in [6.07, 6.45) is 0. The number of carboxylic acids is 1. The number of hydrogen-bond donors (Lipinski definition) is 2.